The molecule has 1 aromatic carbocycles. The van der Waals surface area contributed by atoms with E-state index in [9.17, 15) is 13.6 Å². The van der Waals surface area contributed by atoms with Gasteiger partial charge in [0, 0.05) is 37.5 Å². The molecule has 0 unspecified atom stereocenters. The lowest BCUT2D eigenvalue weighted by Gasteiger charge is -2.47. The summed E-state index contributed by atoms with van der Waals surface area (Å²) in [4.78, 5) is 22.1. The molecule has 2 saturated heterocycles. The SMILES string of the molecule is CC(=O)/C(=C/C(=N)c1ncc(F)c(N2CCC3(CC2)COC3)n1)NCc1ccccc1F. The molecule has 0 saturated carbocycles. The average molecular weight is 441 g/mol. The molecule has 168 valence electrons. The third-order valence-electron chi connectivity index (χ3n) is 6.00. The molecular weight excluding hydrogens is 416 g/mol. The molecule has 2 N–H and O–H groups in total. The maximum atomic E-state index is 14.5. The van der Waals surface area contributed by atoms with Gasteiger partial charge in [-0.25, -0.2) is 18.7 Å². The fourth-order valence-electron chi connectivity index (χ4n) is 3.90. The summed E-state index contributed by atoms with van der Waals surface area (Å²) in [5.41, 5.74) is 0.584. The van der Waals surface area contributed by atoms with Gasteiger partial charge in [0.1, 0.15) is 11.5 Å². The average Bonchev–Trinajstić information content (AvgIpc) is 2.76. The van der Waals surface area contributed by atoms with E-state index in [-0.39, 0.29) is 46.6 Å². The molecular formula is C23H25F2N5O2. The summed E-state index contributed by atoms with van der Waals surface area (Å²) in [5.74, 6) is -1.08. The Balaban J connectivity index is 1.48. The highest BCUT2D eigenvalue weighted by molar-refractivity contribution is 6.09. The van der Waals surface area contributed by atoms with E-state index in [1.54, 1.807) is 18.2 Å². The van der Waals surface area contributed by atoms with Gasteiger partial charge in [0.25, 0.3) is 0 Å². The van der Waals surface area contributed by atoms with Gasteiger partial charge in [0.2, 0.25) is 0 Å². The van der Waals surface area contributed by atoms with E-state index >= 15 is 0 Å². The van der Waals surface area contributed by atoms with Crippen LogP contribution in [0.15, 0.2) is 42.2 Å². The van der Waals surface area contributed by atoms with E-state index < -0.39 is 5.82 Å². The second kappa shape index (κ2) is 9.12. The zero-order chi connectivity index (χ0) is 22.7. The Kier molecular flexibility index (Phi) is 6.27. The summed E-state index contributed by atoms with van der Waals surface area (Å²) in [7, 11) is 0. The number of rotatable bonds is 7. The lowest BCUT2D eigenvalue weighted by atomic mass is 9.77. The molecule has 0 radical (unpaired) electrons. The molecule has 2 aliphatic heterocycles. The van der Waals surface area contributed by atoms with Crippen LogP contribution < -0.4 is 10.2 Å². The number of Topliss-reactive ketones (excluding diaryl/α,β-unsaturated/α-hetero) is 1. The first-order chi connectivity index (χ1) is 15.4. The second-order valence-electron chi connectivity index (χ2n) is 8.32. The van der Waals surface area contributed by atoms with Crippen LogP contribution in [0.2, 0.25) is 0 Å². The highest BCUT2D eigenvalue weighted by atomic mass is 19.1. The van der Waals surface area contributed by atoms with Crippen molar-refractivity contribution < 1.29 is 18.3 Å². The quantitative estimate of drug-likeness (QED) is 0.507. The summed E-state index contributed by atoms with van der Waals surface area (Å²) in [6.07, 6.45) is 4.14. The topological polar surface area (TPSA) is 91.2 Å². The number of carbonyl (C=O) groups is 1. The molecule has 32 heavy (non-hydrogen) atoms. The smallest absolute Gasteiger partial charge is 0.183 e. The van der Waals surface area contributed by atoms with Crippen LogP contribution in [-0.4, -0.2) is 47.8 Å². The second-order valence-corrected chi connectivity index (χ2v) is 8.32. The van der Waals surface area contributed by atoms with E-state index in [2.05, 4.69) is 15.3 Å². The van der Waals surface area contributed by atoms with Gasteiger partial charge in [0.15, 0.2) is 23.2 Å². The van der Waals surface area contributed by atoms with Crippen molar-refractivity contribution in [2.24, 2.45) is 5.41 Å². The van der Waals surface area contributed by atoms with Gasteiger partial charge in [-0.3, -0.25) is 10.2 Å². The number of benzene rings is 1. The van der Waals surface area contributed by atoms with Gasteiger partial charge in [-0.2, -0.15) is 0 Å². The number of anilines is 1. The van der Waals surface area contributed by atoms with E-state index in [1.165, 1.54) is 19.1 Å². The number of carbonyl (C=O) groups excluding carboxylic acids is 1. The molecule has 0 bridgehead atoms. The molecule has 1 spiro atoms. The van der Waals surface area contributed by atoms with Crippen molar-refractivity contribution in [3.63, 3.8) is 0 Å². The van der Waals surface area contributed by atoms with Crippen molar-refractivity contribution in [3.8, 4) is 0 Å². The first-order valence-corrected chi connectivity index (χ1v) is 10.5. The molecule has 4 rings (SSSR count). The molecule has 9 heteroatoms. The molecule has 0 amide bonds. The van der Waals surface area contributed by atoms with E-state index in [0.29, 0.717) is 18.7 Å². The Labute approximate surface area is 185 Å². The van der Waals surface area contributed by atoms with Gasteiger partial charge in [-0.15, -0.1) is 0 Å². The molecule has 7 nitrogen and oxygen atoms in total. The largest absolute Gasteiger partial charge is 0.380 e. The van der Waals surface area contributed by atoms with Gasteiger partial charge >= 0.3 is 0 Å². The maximum absolute atomic E-state index is 14.5. The number of halogens is 2. The number of ether oxygens (including phenoxy) is 1. The summed E-state index contributed by atoms with van der Waals surface area (Å²) in [5, 5.41) is 11.2. The minimum absolute atomic E-state index is 0.0140. The Morgan fingerprint density at radius 2 is 1.97 bits per heavy atom. The minimum atomic E-state index is -0.546. The number of allylic oxidation sites excluding steroid dienone is 2. The van der Waals surface area contributed by atoms with Crippen LogP contribution in [0.3, 0.4) is 0 Å². The van der Waals surface area contributed by atoms with Crippen molar-refractivity contribution in [1.82, 2.24) is 15.3 Å². The molecule has 0 aliphatic carbocycles. The number of hydrogen-bond donors (Lipinski definition) is 2. The van der Waals surface area contributed by atoms with Gasteiger partial charge in [-0.05, 0) is 25.0 Å². The first-order valence-electron chi connectivity index (χ1n) is 10.5. The van der Waals surface area contributed by atoms with Crippen LogP contribution in [-0.2, 0) is 16.1 Å². The van der Waals surface area contributed by atoms with E-state index in [0.717, 1.165) is 32.3 Å². The predicted molar refractivity (Wildman–Crippen MR) is 116 cm³/mol. The third-order valence-corrected chi connectivity index (χ3v) is 6.00. The van der Waals surface area contributed by atoms with Crippen molar-refractivity contribution in [2.45, 2.75) is 26.3 Å². The van der Waals surface area contributed by atoms with Crippen LogP contribution in [0.5, 0.6) is 0 Å². The van der Waals surface area contributed by atoms with E-state index in [4.69, 9.17) is 10.1 Å². The van der Waals surface area contributed by atoms with Gasteiger partial charge in [0.05, 0.1) is 25.1 Å². The Morgan fingerprint density at radius 1 is 1.25 bits per heavy atom. The normalized spacial score (nSPS) is 17.7. The Hall–Kier alpha value is -3.20. The number of nitrogens with one attached hydrogen (secondary N) is 2. The maximum Gasteiger partial charge on any atom is 0.183 e. The van der Waals surface area contributed by atoms with E-state index in [1.807, 2.05) is 4.90 Å². The zero-order valence-corrected chi connectivity index (χ0v) is 17.8. The zero-order valence-electron chi connectivity index (χ0n) is 17.8. The molecule has 2 fully saturated rings. The van der Waals surface area contributed by atoms with Crippen molar-refractivity contribution in [3.05, 3.63) is 65.3 Å². The molecule has 0 atom stereocenters. The third kappa shape index (κ3) is 4.67. The lowest BCUT2D eigenvalue weighted by molar-refractivity contribution is -0.124. The van der Waals surface area contributed by atoms with Crippen LogP contribution in [0.25, 0.3) is 0 Å². The number of nitrogens with zero attached hydrogens (tertiary/aromatic N) is 3. The summed E-state index contributed by atoms with van der Waals surface area (Å²) >= 11 is 0. The van der Waals surface area contributed by atoms with Crippen LogP contribution >= 0.6 is 0 Å². The summed E-state index contributed by atoms with van der Waals surface area (Å²) in [6.45, 7) is 4.24. The van der Waals surface area contributed by atoms with Crippen LogP contribution in [0.1, 0.15) is 31.2 Å². The number of aromatic nitrogens is 2. The van der Waals surface area contributed by atoms with Crippen molar-refractivity contribution in [2.75, 3.05) is 31.2 Å². The van der Waals surface area contributed by atoms with Crippen molar-refractivity contribution >= 4 is 17.3 Å². The lowest BCUT2D eigenvalue weighted by Crippen LogP contribution is -2.51. The Bertz CT molecular complexity index is 1060. The standard InChI is InChI=1S/C23H25F2N5O2/c1-15(31)20(27-11-16-4-2-3-5-17(16)24)10-19(26)21-28-12-18(25)22(29-21)30-8-6-23(7-9-30)13-32-14-23/h2-5,10,12,26-27H,6-9,11,13-14H2,1H3/b20-10-,26-19?. The molecule has 3 heterocycles. The number of piperidine rings is 1. The summed E-state index contributed by atoms with van der Waals surface area (Å²) < 4.78 is 33.6. The fourth-order valence-corrected chi connectivity index (χ4v) is 3.90. The van der Waals surface area contributed by atoms with Crippen LogP contribution in [0.4, 0.5) is 14.6 Å². The highest BCUT2D eigenvalue weighted by Gasteiger charge is 2.41. The predicted octanol–water partition coefficient (Wildman–Crippen LogP) is 3.00. The minimum Gasteiger partial charge on any atom is -0.380 e. The van der Waals surface area contributed by atoms with Crippen LogP contribution in [0, 0.1) is 22.5 Å². The van der Waals surface area contributed by atoms with Gasteiger partial charge in [-0.1, -0.05) is 18.2 Å². The molecule has 2 aromatic rings. The number of hydrogen-bond acceptors (Lipinski definition) is 7. The fraction of sp³-hybridized carbons (Fsp3) is 0.391. The first kappa shape index (κ1) is 22.0. The van der Waals surface area contributed by atoms with Crippen molar-refractivity contribution in [1.29, 1.82) is 5.41 Å². The monoisotopic (exact) mass is 441 g/mol. The summed E-state index contributed by atoms with van der Waals surface area (Å²) in [6, 6.07) is 6.24. The highest BCUT2D eigenvalue weighted by Crippen LogP contribution is 2.39. The molecule has 1 aromatic heterocycles. The number of ketones is 1. The van der Waals surface area contributed by atoms with Gasteiger partial charge < -0.3 is 15.0 Å². The molecule has 2 aliphatic rings. The Morgan fingerprint density at radius 3 is 2.59 bits per heavy atom.